The Hall–Kier alpha value is -3.47. The van der Waals surface area contributed by atoms with Gasteiger partial charge in [0.15, 0.2) is 23.0 Å². The number of aromatic nitrogens is 2. The van der Waals surface area contributed by atoms with Crippen LogP contribution in [0, 0.1) is 0 Å². The SMILES string of the molecule is CCCC[n+]1ccccc1C=Cc1cc2nc3ccc(N(CC)CC)cc3oc-2cc1=O. The standard InChI is InChI=1S/C27H30N3O2/c1-4-7-15-30-16-9-8-10-21(30)12-11-20-17-24-27(19-25(20)31)32-26-18-22(29(5-2)6-3)13-14-23(26)28-24/h8-14,16-19H,4-7,15H2,1-3H3/q+1. The molecule has 2 heterocycles. The van der Waals surface area contributed by atoms with Crippen molar-refractivity contribution in [2.75, 3.05) is 18.0 Å². The lowest BCUT2D eigenvalue weighted by molar-refractivity contribution is -0.699. The highest BCUT2D eigenvalue weighted by Crippen LogP contribution is 2.28. The van der Waals surface area contributed by atoms with Gasteiger partial charge in [-0.2, -0.15) is 4.57 Å². The van der Waals surface area contributed by atoms with Crippen molar-refractivity contribution in [3.63, 3.8) is 0 Å². The van der Waals surface area contributed by atoms with E-state index in [0.29, 0.717) is 22.6 Å². The van der Waals surface area contributed by atoms with Gasteiger partial charge < -0.3 is 9.32 Å². The van der Waals surface area contributed by atoms with Crippen molar-refractivity contribution in [2.45, 2.75) is 40.2 Å². The van der Waals surface area contributed by atoms with E-state index in [1.807, 2.05) is 42.5 Å². The third-order valence-electron chi connectivity index (χ3n) is 5.79. The number of anilines is 1. The summed E-state index contributed by atoms with van der Waals surface area (Å²) in [7, 11) is 0. The molecule has 0 spiro atoms. The Morgan fingerprint density at radius 2 is 1.88 bits per heavy atom. The molecular formula is C27H30N3O2+. The molecule has 32 heavy (non-hydrogen) atoms. The summed E-state index contributed by atoms with van der Waals surface area (Å²) in [5.74, 6) is 0.508. The Morgan fingerprint density at radius 3 is 2.66 bits per heavy atom. The van der Waals surface area contributed by atoms with E-state index < -0.39 is 0 Å². The van der Waals surface area contributed by atoms with Gasteiger partial charge in [-0.3, -0.25) is 4.79 Å². The first kappa shape index (κ1) is 21.8. The van der Waals surface area contributed by atoms with Gasteiger partial charge in [-0.15, -0.1) is 0 Å². The van der Waals surface area contributed by atoms with E-state index in [1.54, 1.807) is 6.07 Å². The van der Waals surface area contributed by atoms with Gasteiger partial charge in [-0.05, 0) is 44.2 Å². The number of fused-ring (bicyclic) bond motifs is 2. The average Bonchev–Trinajstić information content (AvgIpc) is 2.81. The molecule has 2 aliphatic rings. The number of hydrogen-bond acceptors (Lipinski definition) is 4. The lowest BCUT2D eigenvalue weighted by atomic mass is 10.1. The number of hydrogen-bond donors (Lipinski definition) is 0. The van der Waals surface area contributed by atoms with E-state index in [1.165, 1.54) is 0 Å². The van der Waals surface area contributed by atoms with Gasteiger partial charge >= 0.3 is 0 Å². The van der Waals surface area contributed by atoms with Crippen molar-refractivity contribution >= 4 is 28.9 Å². The highest BCUT2D eigenvalue weighted by atomic mass is 16.3. The fraction of sp³-hybridized carbons (Fsp3) is 0.296. The van der Waals surface area contributed by atoms with Gasteiger partial charge in [0.2, 0.25) is 5.69 Å². The molecule has 0 amide bonds. The average molecular weight is 429 g/mol. The first-order valence-corrected chi connectivity index (χ1v) is 11.4. The predicted molar refractivity (Wildman–Crippen MR) is 131 cm³/mol. The van der Waals surface area contributed by atoms with Crippen molar-refractivity contribution in [3.05, 3.63) is 76.2 Å². The molecule has 0 saturated carbocycles. The summed E-state index contributed by atoms with van der Waals surface area (Å²) < 4.78 is 8.28. The fourth-order valence-electron chi connectivity index (χ4n) is 3.92. The van der Waals surface area contributed by atoms with Crippen LogP contribution in [0.4, 0.5) is 5.69 Å². The second kappa shape index (κ2) is 9.77. The molecular weight excluding hydrogens is 398 g/mol. The quantitative estimate of drug-likeness (QED) is 0.279. The van der Waals surface area contributed by atoms with E-state index in [9.17, 15) is 4.79 Å². The molecule has 0 N–H and O–H groups in total. The van der Waals surface area contributed by atoms with E-state index in [2.05, 4.69) is 48.6 Å². The van der Waals surface area contributed by atoms with Crippen LogP contribution in [0.15, 0.2) is 63.9 Å². The first-order chi connectivity index (χ1) is 15.6. The van der Waals surface area contributed by atoms with E-state index in [-0.39, 0.29) is 5.43 Å². The Labute approximate surface area is 189 Å². The largest absolute Gasteiger partial charge is 0.453 e. The fourth-order valence-corrected chi connectivity index (χ4v) is 3.92. The summed E-state index contributed by atoms with van der Waals surface area (Å²) in [5.41, 5.74) is 4.83. The second-order valence-electron chi connectivity index (χ2n) is 7.90. The number of benzene rings is 2. The molecule has 5 nitrogen and oxygen atoms in total. The Balaban J connectivity index is 1.70. The number of aryl methyl sites for hydroxylation is 1. The number of nitrogens with zero attached hydrogens (tertiary/aromatic N) is 3. The third-order valence-corrected chi connectivity index (χ3v) is 5.79. The first-order valence-electron chi connectivity index (χ1n) is 11.4. The van der Waals surface area contributed by atoms with E-state index in [4.69, 9.17) is 9.40 Å². The molecule has 0 saturated heterocycles. The van der Waals surface area contributed by atoms with Crippen molar-refractivity contribution in [1.29, 1.82) is 0 Å². The lowest BCUT2D eigenvalue weighted by Gasteiger charge is -2.21. The highest BCUT2D eigenvalue weighted by Gasteiger charge is 2.14. The zero-order valence-electron chi connectivity index (χ0n) is 19.0. The summed E-state index contributed by atoms with van der Waals surface area (Å²) in [6.45, 7) is 9.24. The minimum atomic E-state index is -0.0745. The van der Waals surface area contributed by atoms with Gasteiger partial charge in [0.25, 0.3) is 0 Å². The van der Waals surface area contributed by atoms with Crippen molar-refractivity contribution in [2.24, 2.45) is 0 Å². The van der Waals surface area contributed by atoms with Crippen LogP contribution >= 0.6 is 0 Å². The number of rotatable bonds is 8. The minimum absolute atomic E-state index is 0.0745. The van der Waals surface area contributed by atoms with E-state index in [0.717, 1.165) is 49.4 Å². The number of pyridine rings is 1. The van der Waals surface area contributed by atoms with Crippen LogP contribution in [-0.4, -0.2) is 18.1 Å². The maximum Gasteiger partial charge on any atom is 0.205 e. The van der Waals surface area contributed by atoms with Crippen LogP contribution in [0.2, 0.25) is 0 Å². The van der Waals surface area contributed by atoms with Crippen molar-refractivity contribution in [3.8, 4) is 11.5 Å². The molecule has 1 aliphatic heterocycles. The summed E-state index contributed by atoms with van der Waals surface area (Å²) in [5, 5.41) is 0. The zero-order chi connectivity index (χ0) is 22.5. The summed E-state index contributed by atoms with van der Waals surface area (Å²) >= 11 is 0. The molecule has 1 aromatic carbocycles. The van der Waals surface area contributed by atoms with Crippen LogP contribution in [0.3, 0.4) is 0 Å². The molecule has 0 radical (unpaired) electrons. The lowest BCUT2D eigenvalue weighted by Crippen LogP contribution is -2.36. The van der Waals surface area contributed by atoms with Crippen LogP contribution in [-0.2, 0) is 6.54 Å². The molecule has 5 heteroatoms. The van der Waals surface area contributed by atoms with Crippen LogP contribution < -0.4 is 14.9 Å². The summed E-state index contributed by atoms with van der Waals surface area (Å²) in [4.78, 5) is 19.8. The Bertz CT molecular complexity index is 1270. The molecule has 0 fully saturated rings. The van der Waals surface area contributed by atoms with Gasteiger partial charge in [-0.25, -0.2) is 4.98 Å². The molecule has 164 valence electrons. The van der Waals surface area contributed by atoms with Crippen LogP contribution in [0.5, 0.6) is 0 Å². The maximum absolute atomic E-state index is 12.8. The van der Waals surface area contributed by atoms with Gasteiger partial charge in [-0.1, -0.05) is 13.3 Å². The van der Waals surface area contributed by atoms with Crippen LogP contribution in [0.1, 0.15) is 44.9 Å². The zero-order valence-corrected chi connectivity index (χ0v) is 19.0. The highest BCUT2D eigenvalue weighted by molar-refractivity contribution is 5.81. The minimum Gasteiger partial charge on any atom is -0.453 e. The van der Waals surface area contributed by atoms with Gasteiger partial charge in [0, 0.05) is 61.1 Å². The van der Waals surface area contributed by atoms with Gasteiger partial charge in [0.05, 0.1) is 0 Å². The van der Waals surface area contributed by atoms with Crippen LogP contribution in [0.25, 0.3) is 34.7 Å². The van der Waals surface area contributed by atoms with Crippen molar-refractivity contribution in [1.82, 2.24) is 4.98 Å². The molecule has 1 aliphatic carbocycles. The van der Waals surface area contributed by atoms with Crippen molar-refractivity contribution < 1.29 is 8.98 Å². The molecule has 0 unspecified atom stereocenters. The summed E-state index contributed by atoms with van der Waals surface area (Å²) in [6.07, 6.45) is 8.20. The molecule has 1 aromatic heterocycles. The molecule has 4 rings (SSSR count). The normalized spacial score (nSPS) is 11.6. The second-order valence-corrected chi connectivity index (χ2v) is 7.90. The Morgan fingerprint density at radius 1 is 1.03 bits per heavy atom. The monoisotopic (exact) mass is 428 g/mol. The smallest absolute Gasteiger partial charge is 0.205 e. The topological polar surface area (TPSA) is 50.2 Å². The predicted octanol–water partition coefficient (Wildman–Crippen LogP) is 5.40. The molecule has 0 bridgehead atoms. The Kier molecular flexibility index (Phi) is 6.64. The number of unbranched alkanes of at least 4 members (excludes halogenated alkanes) is 1. The molecule has 2 aromatic rings. The molecule has 0 atom stereocenters. The third kappa shape index (κ3) is 4.57. The maximum atomic E-state index is 12.8. The van der Waals surface area contributed by atoms with Gasteiger partial charge in [0.1, 0.15) is 17.8 Å². The summed E-state index contributed by atoms with van der Waals surface area (Å²) in [6, 6.07) is 15.5. The van der Waals surface area contributed by atoms with E-state index >= 15 is 0 Å².